The second-order valence-electron chi connectivity index (χ2n) is 2.97. The number of rotatable bonds is 3. The van der Waals surface area contributed by atoms with Crippen LogP contribution in [-0.2, 0) is 14.2 Å². The number of hydrogen-bond acceptors (Lipinski definition) is 4. The van der Waals surface area contributed by atoms with Crippen molar-refractivity contribution in [1.29, 1.82) is 0 Å². The van der Waals surface area contributed by atoms with E-state index < -0.39 is 25.8 Å². The molecule has 0 radical (unpaired) electrons. The first-order chi connectivity index (χ1) is 7.11. The van der Waals surface area contributed by atoms with Crippen LogP contribution in [0, 0.1) is 0 Å². The van der Waals surface area contributed by atoms with Crippen LogP contribution in [-0.4, -0.2) is 29.7 Å². The first-order valence-corrected chi connectivity index (χ1v) is 7.07. The van der Waals surface area contributed by atoms with Crippen LogP contribution >= 0.6 is 15.2 Å². The Morgan fingerprint density at radius 3 is 1.94 bits per heavy atom. The highest BCUT2D eigenvalue weighted by Gasteiger charge is 2.60. The predicted octanol–water partition coefficient (Wildman–Crippen LogP) is -0.460. The molecule has 0 unspecified atom stereocenters. The van der Waals surface area contributed by atoms with Gasteiger partial charge in [-0.2, -0.15) is 0 Å². The molecule has 0 aliphatic rings. The SMILES string of the molecule is O=P(O)(O)C(O)(c1cccnc1)P(=O)(O)O. The molecule has 1 aromatic heterocycles. The van der Waals surface area contributed by atoms with Crippen molar-refractivity contribution in [2.75, 3.05) is 0 Å². The van der Waals surface area contributed by atoms with Crippen molar-refractivity contribution in [1.82, 2.24) is 4.98 Å². The van der Waals surface area contributed by atoms with Crippen LogP contribution in [0.2, 0.25) is 0 Å². The Labute approximate surface area is 89.9 Å². The fourth-order valence-electron chi connectivity index (χ4n) is 1.07. The van der Waals surface area contributed by atoms with Gasteiger partial charge in [-0.25, -0.2) is 0 Å². The summed E-state index contributed by atoms with van der Waals surface area (Å²) in [6, 6.07) is 2.15. The third-order valence-corrected chi connectivity index (χ3v) is 5.57. The van der Waals surface area contributed by atoms with Gasteiger partial charge in [0, 0.05) is 18.0 Å². The van der Waals surface area contributed by atoms with Crippen molar-refractivity contribution in [3.05, 3.63) is 30.1 Å². The van der Waals surface area contributed by atoms with E-state index in [-0.39, 0.29) is 0 Å². The van der Waals surface area contributed by atoms with Crippen molar-refractivity contribution in [2.24, 2.45) is 0 Å². The first-order valence-electron chi connectivity index (χ1n) is 3.85. The predicted molar refractivity (Wildman–Crippen MR) is 52.2 cm³/mol. The van der Waals surface area contributed by atoms with Gasteiger partial charge in [0.2, 0.25) is 0 Å². The molecule has 10 heteroatoms. The molecule has 0 fully saturated rings. The van der Waals surface area contributed by atoms with Gasteiger partial charge < -0.3 is 24.7 Å². The smallest absolute Gasteiger partial charge is 0.364 e. The minimum atomic E-state index is -5.48. The number of hydrogen-bond donors (Lipinski definition) is 5. The highest BCUT2D eigenvalue weighted by molar-refractivity contribution is 7.71. The largest absolute Gasteiger partial charge is 0.374 e. The highest BCUT2D eigenvalue weighted by Crippen LogP contribution is 2.72. The van der Waals surface area contributed by atoms with E-state index in [0.29, 0.717) is 0 Å². The van der Waals surface area contributed by atoms with Crippen LogP contribution in [0.25, 0.3) is 0 Å². The minimum Gasteiger partial charge on any atom is -0.364 e. The Balaban J connectivity index is 3.52. The summed E-state index contributed by atoms with van der Waals surface area (Å²) in [5.41, 5.74) is -0.642. The standard InChI is InChI=1S/C6H9NO7P2/c8-6(15(9,10)11,16(12,13)14)5-2-1-3-7-4-5/h1-4,8H,(H2,9,10,11)(H2,12,13,14). The summed E-state index contributed by atoms with van der Waals surface area (Å²) in [7, 11) is -11.0. The van der Waals surface area contributed by atoms with Gasteiger partial charge >= 0.3 is 15.2 Å². The molecule has 1 aromatic rings. The molecular formula is C6H9NO7P2. The van der Waals surface area contributed by atoms with E-state index in [1.54, 1.807) is 0 Å². The minimum absolute atomic E-state index is 0.642. The zero-order valence-corrected chi connectivity index (χ0v) is 9.49. The summed E-state index contributed by atoms with van der Waals surface area (Å²) in [4.78, 5) is 38.9. The molecule has 90 valence electrons. The number of aromatic nitrogens is 1. The lowest BCUT2D eigenvalue weighted by molar-refractivity contribution is 0.130. The lowest BCUT2D eigenvalue weighted by atomic mass is 10.3. The van der Waals surface area contributed by atoms with Gasteiger partial charge in [0.25, 0.3) is 5.08 Å². The van der Waals surface area contributed by atoms with Gasteiger partial charge in [0.1, 0.15) is 0 Å². The number of aliphatic hydroxyl groups is 1. The third kappa shape index (κ3) is 2.09. The highest BCUT2D eigenvalue weighted by atomic mass is 31.2. The van der Waals surface area contributed by atoms with E-state index in [1.165, 1.54) is 12.3 Å². The molecule has 5 N–H and O–H groups in total. The van der Waals surface area contributed by atoms with Crippen LogP contribution in [0.4, 0.5) is 0 Å². The first kappa shape index (κ1) is 13.5. The van der Waals surface area contributed by atoms with Crippen molar-refractivity contribution in [3.63, 3.8) is 0 Å². The Morgan fingerprint density at radius 1 is 1.12 bits per heavy atom. The molecule has 0 saturated heterocycles. The van der Waals surface area contributed by atoms with E-state index in [2.05, 4.69) is 4.98 Å². The van der Waals surface area contributed by atoms with Gasteiger partial charge in [0.15, 0.2) is 0 Å². The molecule has 1 rings (SSSR count). The van der Waals surface area contributed by atoms with E-state index in [4.69, 9.17) is 19.6 Å². The van der Waals surface area contributed by atoms with Crippen molar-refractivity contribution < 1.29 is 33.8 Å². The molecular weight excluding hydrogens is 260 g/mol. The van der Waals surface area contributed by atoms with E-state index in [9.17, 15) is 14.2 Å². The lowest BCUT2D eigenvalue weighted by Gasteiger charge is -2.28. The lowest BCUT2D eigenvalue weighted by Crippen LogP contribution is -2.25. The third-order valence-electron chi connectivity index (χ3n) is 1.86. The van der Waals surface area contributed by atoms with Gasteiger partial charge in [-0.3, -0.25) is 14.1 Å². The summed E-state index contributed by atoms with van der Waals surface area (Å²) in [5, 5.41) is 6.03. The van der Waals surface area contributed by atoms with Gasteiger partial charge in [-0.1, -0.05) is 6.07 Å². The molecule has 0 aliphatic heterocycles. The average Bonchev–Trinajstić information content (AvgIpc) is 2.14. The molecule has 0 atom stereocenters. The van der Waals surface area contributed by atoms with Gasteiger partial charge in [-0.15, -0.1) is 0 Å². The zero-order chi connectivity index (χ0) is 12.6. The topological polar surface area (TPSA) is 148 Å². The number of pyridine rings is 1. The van der Waals surface area contributed by atoms with Crippen LogP contribution in [0.5, 0.6) is 0 Å². The molecule has 0 aliphatic carbocycles. The molecule has 0 aromatic carbocycles. The molecule has 0 spiro atoms. The molecule has 0 saturated carbocycles. The van der Waals surface area contributed by atoms with Crippen molar-refractivity contribution in [3.8, 4) is 0 Å². The Bertz CT molecular complexity index is 441. The van der Waals surface area contributed by atoms with Gasteiger partial charge in [-0.05, 0) is 6.07 Å². The normalized spacial score (nSPS) is 13.8. The van der Waals surface area contributed by atoms with Crippen LogP contribution in [0.1, 0.15) is 5.56 Å². The summed E-state index contributed by atoms with van der Waals surface area (Å²) < 4.78 is 22.0. The second-order valence-corrected chi connectivity index (χ2v) is 6.79. The summed E-state index contributed by atoms with van der Waals surface area (Å²) in [5.74, 6) is 0. The van der Waals surface area contributed by atoms with Crippen molar-refractivity contribution >= 4 is 15.2 Å². The zero-order valence-electron chi connectivity index (χ0n) is 7.70. The maximum absolute atomic E-state index is 11.0. The molecule has 8 nitrogen and oxygen atoms in total. The van der Waals surface area contributed by atoms with Crippen LogP contribution < -0.4 is 0 Å². The number of nitrogens with zero attached hydrogens (tertiary/aromatic N) is 1. The quantitative estimate of drug-likeness (QED) is 0.463. The van der Waals surface area contributed by atoms with E-state index >= 15 is 0 Å². The Kier molecular flexibility index (Phi) is 3.38. The summed E-state index contributed by atoms with van der Waals surface area (Å²) in [6.45, 7) is 0. The molecule has 0 amide bonds. The molecule has 1 heterocycles. The maximum atomic E-state index is 11.0. The van der Waals surface area contributed by atoms with Crippen LogP contribution in [0.3, 0.4) is 0 Å². The molecule has 0 bridgehead atoms. The van der Waals surface area contributed by atoms with Crippen LogP contribution in [0.15, 0.2) is 24.5 Å². The second kappa shape index (κ2) is 4.01. The Hall–Kier alpha value is -0.590. The average molecular weight is 269 g/mol. The van der Waals surface area contributed by atoms with Gasteiger partial charge in [0.05, 0.1) is 0 Å². The maximum Gasteiger partial charge on any atom is 0.374 e. The molecule has 16 heavy (non-hydrogen) atoms. The van der Waals surface area contributed by atoms with E-state index in [0.717, 1.165) is 12.3 Å². The fourth-order valence-corrected chi connectivity index (χ4v) is 3.36. The monoisotopic (exact) mass is 269 g/mol. The Morgan fingerprint density at radius 2 is 1.62 bits per heavy atom. The summed E-state index contributed by atoms with van der Waals surface area (Å²) >= 11 is 0. The van der Waals surface area contributed by atoms with E-state index in [1.807, 2.05) is 0 Å². The summed E-state index contributed by atoms with van der Waals surface area (Å²) in [6.07, 6.45) is 2.00. The van der Waals surface area contributed by atoms with Crippen molar-refractivity contribution in [2.45, 2.75) is 5.08 Å². The fraction of sp³-hybridized carbons (Fsp3) is 0.167.